The van der Waals surface area contributed by atoms with Crippen LogP contribution in [0.3, 0.4) is 0 Å². The number of nitrogens with zero attached hydrogens (tertiary/aromatic N) is 2. The van der Waals surface area contributed by atoms with Crippen LogP contribution in [-0.4, -0.2) is 26.7 Å². The molecular weight excluding hydrogens is 196 g/mol. The molecule has 0 fully saturated rings. The minimum Gasteiger partial charge on any atom is -0.395 e. The summed E-state index contributed by atoms with van der Waals surface area (Å²) in [4.78, 5) is 0. The van der Waals surface area contributed by atoms with Crippen LogP contribution in [-0.2, 0) is 12.3 Å². The van der Waals surface area contributed by atoms with Crippen molar-refractivity contribution in [2.24, 2.45) is 0 Å². The Kier molecular flexibility index (Phi) is 4.48. The molecule has 1 rings (SSSR count). The standard InChI is InChI=1S/C10H18N2OS/c1-4-12-10(5-8(2)11-12)7-14-9(3)6-13/h5,9,13H,4,6-7H2,1-3H3. The second-order valence-electron chi connectivity index (χ2n) is 3.40. The number of aliphatic hydroxyl groups excluding tert-OH is 1. The predicted molar refractivity (Wildman–Crippen MR) is 60.5 cm³/mol. The summed E-state index contributed by atoms with van der Waals surface area (Å²) in [5.74, 6) is 0.927. The van der Waals surface area contributed by atoms with E-state index >= 15 is 0 Å². The molecule has 1 atom stereocenters. The van der Waals surface area contributed by atoms with Crippen molar-refractivity contribution >= 4 is 11.8 Å². The molecular formula is C10H18N2OS. The van der Waals surface area contributed by atoms with Gasteiger partial charge in [-0.1, -0.05) is 6.92 Å². The quantitative estimate of drug-likeness (QED) is 0.812. The minimum atomic E-state index is 0.240. The van der Waals surface area contributed by atoms with Gasteiger partial charge in [0.2, 0.25) is 0 Å². The minimum absolute atomic E-state index is 0.240. The molecule has 0 aliphatic carbocycles. The summed E-state index contributed by atoms with van der Waals surface area (Å²) < 4.78 is 2.02. The smallest absolute Gasteiger partial charge is 0.0596 e. The maximum absolute atomic E-state index is 8.90. The van der Waals surface area contributed by atoms with Gasteiger partial charge in [0.05, 0.1) is 12.3 Å². The summed E-state index contributed by atoms with van der Waals surface area (Å²) in [5.41, 5.74) is 2.31. The third-order valence-corrected chi connectivity index (χ3v) is 3.24. The first-order valence-electron chi connectivity index (χ1n) is 4.93. The molecule has 1 unspecified atom stereocenters. The Labute approximate surface area is 89.5 Å². The summed E-state index contributed by atoms with van der Waals surface area (Å²) >= 11 is 1.76. The summed E-state index contributed by atoms with van der Waals surface area (Å²) in [7, 11) is 0. The maximum atomic E-state index is 8.90. The summed E-state index contributed by atoms with van der Waals surface area (Å²) in [6.07, 6.45) is 0. The highest BCUT2D eigenvalue weighted by Gasteiger charge is 2.06. The Balaban J connectivity index is 2.57. The first-order chi connectivity index (χ1) is 6.67. The van der Waals surface area contributed by atoms with Crippen LogP contribution in [0.1, 0.15) is 25.2 Å². The Bertz CT molecular complexity index is 286. The van der Waals surface area contributed by atoms with Crippen LogP contribution in [0, 0.1) is 6.92 Å². The highest BCUT2D eigenvalue weighted by Crippen LogP contribution is 2.17. The Morgan fingerprint density at radius 3 is 2.93 bits per heavy atom. The SMILES string of the molecule is CCn1nc(C)cc1CSC(C)CO. The Morgan fingerprint density at radius 2 is 2.36 bits per heavy atom. The normalized spacial score (nSPS) is 13.1. The van der Waals surface area contributed by atoms with E-state index in [1.54, 1.807) is 11.8 Å². The van der Waals surface area contributed by atoms with E-state index in [4.69, 9.17) is 5.11 Å². The summed E-state index contributed by atoms with van der Waals surface area (Å²) in [6, 6.07) is 2.11. The number of rotatable bonds is 5. The molecule has 0 bridgehead atoms. The molecule has 1 N–H and O–H groups in total. The molecule has 80 valence electrons. The molecule has 14 heavy (non-hydrogen) atoms. The zero-order chi connectivity index (χ0) is 10.6. The van der Waals surface area contributed by atoms with Gasteiger partial charge in [-0.15, -0.1) is 0 Å². The number of hydrogen-bond donors (Lipinski definition) is 1. The number of aromatic nitrogens is 2. The van der Waals surface area contributed by atoms with Gasteiger partial charge in [0.25, 0.3) is 0 Å². The van der Waals surface area contributed by atoms with E-state index in [2.05, 4.69) is 18.1 Å². The van der Waals surface area contributed by atoms with Gasteiger partial charge in [-0.2, -0.15) is 16.9 Å². The van der Waals surface area contributed by atoms with Crippen LogP contribution in [0.5, 0.6) is 0 Å². The van der Waals surface area contributed by atoms with Gasteiger partial charge in [-0.3, -0.25) is 4.68 Å². The molecule has 0 aliphatic heterocycles. The molecule has 0 amide bonds. The number of aliphatic hydroxyl groups is 1. The molecule has 3 nitrogen and oxygen atoms in total. The van der Waals surface area contributed by atoms with Crippen molar-refractivity contribution in [3.05, 3.63) is 17.5 Å². The molecule has 0 saturated heterocycles. The van der Waals surface area contributed by atoms with Crippen molar-refractivity contribution in [2.75, 3.05) is 6.61 Å². The van der Waals surface area contributed by atoms with Crippen LogP contribution in [0.4, 0.5) is 0 Å². The maximum Gasteiger partial charge on any atom is 0.0596 e. The number of hydrogen-bond acceptors (Lipinski definition) is 3. The van der Waals surface area contributed by atoms with E-state index in [0.717, 1.165) is 18.0 Å². The van der Waals surface area contributed by atoms with Crippen molar-refractivity contribution < 1.29 is 5.11 Å². The average molecular weight is 214 g/mol. The Hall–Kier alpha value is -0.480. The first kappa shape index (κ1) is 11.6. The second kappa shape index (κ2) is 5.41. The topological polar surface area (TPSA) is 38.0 Å². The van der Waals surface area contributed by atoms with E-state index in [9.17, 15) is 0 Å². The molecule has 1 aromatic heterocycles. The third kappa shape index (κ3) is 3.03. The highest BCUT2D eigenvalue weighted by atomic mass is 32.2. The van der Waals surface area contributed by atoms with Gasteiger partial charge >= 0.3 is 0 Å². The van der Waals surface area contributed by atoms with E-state index in [-0.39, 0.29) is 6.61 Å². The molecule has 0 aromatic carbocycles. The molecule has 4 heteroatoms. The van der Waals surface area contributed by atoms with Crippen LogP contribution in [0.2, 0.25) is 0 Å². The monoisotopic (exact) mass is 214 g/mol. The van der Waals surface area contributed by atoms with Gasteiger partial charge in [0.15, 0.2) is 0 Å². The fourth-order valence-electron chi connectivity index (χ4n) is 1.27. The lowest BCUT2D eigenvalue weighted by Crippen LogP contribution is -2.06. The summed E-state index contributed by atoms with van der Waals surface area (Å²) in [6.45, 7) is 7.29. The van der Waals surface area contributed by atoms with E-state index in [1.165, 1.54) is 5.69 Å². The molecule has 0 aliphatic rings. The lowest BCUT2D eigenvalue weighted by molar-refractivity contribution is 0.300. The zero-order valence-corrected chi connectivity index (χ0v) is 9.84. The lowest BCUT2D eigenvalue weighted by atomic mass is 10.4. The second-order valence-corrected chi connectivity index (χ2v) is 4.82. The van der Waals surface area contributed by atoms with Crippen molar-refractivity contribution in [2.45, 2.75) is 38.3 Å². The van der Waals surface area contributed by atoms with Gasteiger partial charge in [-0.05, 0) is 19.9 Å². The zero-order valence-electron chi connectivity index (χ0n) is 9.03. The van der Waals surface area contributed by atoms with Crippen LogP contribution >= 0.6 is 11.8 Å². The van der Waals surface area contributed by atoms with E-state index in [0.29, 0.717) is 5.25 Å². The molecule has 1 aromatic rings. The molecule has 1 heterocycles. The van der Waals surface area contributed by atoms with Crippen molar-refractivity contribution in [1.82, 2.24) is 9.78 Å². The van der Waals surface area contributed by atoms with Crippen molar-refractivity contribution in [1.29, 1.82) is 0 Å². The predicted octanol–water partition coefficient (Wildman–Crippen LogP) is 1.83. The summed E-state index contributed by atoms with van der Waals surface area (Å²) in [5, 5.41) is 13.6. The fraction of sp³-hybridized carbons (Fsp3) is 0.700. The molecule has 0 saturated carbocycles. The van der Waals surface area contributed by atoms with Crippen LogP contribution < -0.4 is 0 Å². The average Bonchev–Trinajstić information content (AvgIpc) is 2.55. The van der Waals surface area contributed by atoms with E-state index < -0.39 is 0 Å². The van der Waals surface area contributed by atoms with Crippen molar-refractivity contribution in [3.8, 4) is 0 Å². The molecule has 0 spiro atoms. The Morgan fingerprint density at radius 1 is 1.64 bits per heavy atom. The number of aryl methyl sites for hydroxylation is 2. The lowest BCUT2D eigenvalue weighted by Gasteiger charge is -2.08. The third-order valence-electron chi connectivity index (χ3n) is 2.06. The van der Waals surface area contributed by atoms with Crippen molar-refractivity contribution in [3.63, 3.8) is 0 Å². The van der Waals surface area contributed by atoms with Crippen LogP contribution in [0.15, 0.2) is 6.07 Å². The molecule has 0 radical (unpaired) electrons. The van der Waals surface area contributed by atoms with Gasteiger partial charge in [0.1, 0.15) is 0 Å². The largest absolute Gasteiger partial charge is 0.395 e. The number of thioether (sulfide) groups is 1. The van der Waals surface area contributed by atoms with Crippen LogP contribution in [0.25, 0.3) is 0 Å². The van der Waals surface area contributed by atoms with Gasteiger partial charge in [-0.25, -0.2) is 0 Å². The van der Waals surface area contributed by atoms with Gasteiger partial charge in [0, 0.05) is 23.2 Å². The fourth-order valence-corrected chi connectivity index (χ4v) is 2.06. The van der Waals surface area contributed by atoms with Gasteiger partial charge < -0.3 is 5.11 Å². The van der Waals surface area contributed by atoms with E-state index in [1.807, 2.05) is 18.5 Å². The highest BCUT2D eigenvalue weighted by molar-refractivity contribution is 7.99. The first-order valence-corrected chi connectivity index (χ1v) is 5.98.